The summed E-state index contributed by atoms with van der Waals surface area (Å²) >= 11 is 6.75. The summed E-state index contributed by atoms with van der Waals surface area (Å²) in [6, 6.07) is 15.4. The molecule has 0 atom stereocenters. The number of hydrogen-bond acceptors (Lipinski definition) is 4. The molecule has 2 heterocycles. The third-order valence-corrected chi connectivity index (χ3v) is 7.07. The van der Waals surface area contributed by atoms with E-state index in [9.17, 15) is 9.59 Å². The molecule has 2 aliphatic rings. The Bertz CT molecular complexity index is 1060. The Morgan fingerprint density at radius 2 is 1.61 bits per heavy atom. The van der Waals surface area contributed by atoms with Gasteiger partial charge in [0.05, 0.1) is 21.9 Å². The van der Waals surface area contributed by atoms with Crippen molar-refractivity contribution in [3.63, 3.8) is 0 Å². The molecule has 0 unspecified atom stereocenters. The molecule has 31 heavy (non-hydrogen) atoms. The lowest BCUT2D eigenvalue weighted by Crippen LogP contribution is -2.29. The monoisotopic (exact) mass is 450 g/mol. The highest BCUT2D eigenvalue weighted by Gasteiger charge is 2.42. The van der Waals surface area contributed by atoms with Crippen LogP contribution in [-0.2, 0) is 9.59 Å². The summed E-state index contributed by atoms with van der Waals surface area (Å²) in [6.07, 6.45) is 5.65. The second-order valence-corrected chi connectivity index (χ2v) is 9.58. The van der Waals surface area contributed by atoms with Gasteiger partial charge in [-0.1, -0.05) is 92.5 Å². The Labute approximate surface area is 193 Å². The second-order valence-electron chi connectivity index (χ2n) is 7.94. The number of thiocarbonyl (C=S) groups is 1. The molecular weight excluding hydrogens is 424 g/mol. The lowest BCUT2D eigenvalue weighted by atomic mass is 10.1. The minimum absolute atomic E-state index is 0.0962. The predicted molar refractivity (Wildman–Crippen MR) is 133 cm³/mol. The highest BCUT2D eigenvalue weighted by molar-refractivity contribution is 8.27. The molecule has 2 aliphatic heterocycles. The fourth-order valence-electron chi connectivity index (χ4n) is 4.03. The van der Waals surface area contributed by atoms with E-state index in [2.05, 4.69) is 6.92 Å². The average molecular weight is 451 g/mol. The third kappa shape index (κ3) is 4.19. The first-order valence-electron chi connectivity index (χ1n) is 10.8. The number of carbonyl (C=O) groups excluding carboxylic acids is 2. The van der Waals surface area contributed by atoms with Crippen LogP contribution in [0.4, 0.5) is 11.4 Å². The number of unbranched alkanes of at least 4 members (excludes halogenated alkanes) is 4. The summed E-state index contributed by atoms with van der Waals surface area (Å²) < 4.78 is 0.458. The maximum atomic E-state index is 13.5. The summed E-state index contributed by atoms with van der Waals surface area (Å²) in [7, 11) is 0. The quantitative estimate of drug-likeness (QED) is 0.291. The second kappa shape index (κ2) is 9.37. The zero-order valence-electron chi connectivity index (χ0n) is 17.9. The van der Waals surface area contributed by atoms with Crippen molar-refractivity contribution in [2.45, 2.75) is 46.0 Å². The maximum absolute atomic E-state index is 13.5. The number of carbonyl (C=O) groups is 2. The van der Waals surface area contributed by atoms with Gasteiger partial charge >= 0.3 is 0 Å². The Kier molecular flexibility index (Phi) is 6.58. The standard InChI is InChI=1S/C25H26N2O2S2/c1-3-4-5-6-9-16-26-20-11-8-7-10-19(20)21(23(26)28)22-24(29)27(25(30)31-22)18-14-12-17(2)13-15-18/h7-8,10-15H,3-6,9,16H2,1-2H3/b22-21-. The number of hydrogen-bond donors (Lipinski definition) is 0. The van der Waals surface area contributed by atoms with Gasteiger partial charge in [0.2, 0.25) is 0 Å². The van der Waals surface area contributed by atoms with Gasteiger partial charge in [-0.25, -0.2) is 0 Å². The first-order valence-corrected chi connectivity index (χ1v) is 12.0. The van der Waals surface area contributed by atoms with Crippen LogP contribution in [0.2, 0.25) is 0 Å². The molecule has 0 aromatic heterocycles. The molecule has 1 saturated heterocycles. The van der Waals surface area contributed by atoms with Gasteiger partial charge in [-0.05, 0) is 31.5 Å². The number of rotatable bonds is 7. The van der Waals surface area contributed by atoms with E-state index in [-0.39, 0.29) is 11.8 Å². The van der Waals surface area contributed by atoms with E-state index in [0.717, 1.165) is 35.3 Å². The molecule has 4 nitrogen and oxygen atoms in total. The Balaban J connectivity index is 1.65. The molecule has 6 heteroatoms. The number of anilines is 2. The van der Waals surface area contributed by atoms with E-state index in [1.54, 1.807) is 0 Å². The fraction of sp³-hybridized carbons (Fsp3) is 0.320. The topological polar surface area (TPSA) is 40.6 Å². The van der Waals surface area contributed by atoms with Gasteiger partial charge in [-0.3, -0.25) is 14.5 Å². The van der Waals surface area contributed by atoms with E-state index in [0.29, 0.717) is 21.3 Å². The molecule has 0 radical (unpaired) electrons. The van der Waals surface area contributed by atoms with E-state index in [1.807, 2.05) is 60.4 Å². The van der Waals surface area contributed by atoms with Gasteiger partial charge in [0.25, 0.3) is 11.8 Å². The minimum atomic E-state index is -0.221. The minimum Gasteiger partial charge on any atom is -0.308 e. The van der Waals surface area contributed by atoms with Crippen LogP contribution in [0.25, 0.3) is 5.57 Å². The number of nitrogens with zero attached hydrogens (tertiary/aromatic N) is 2. The molecule has 0 aliphatic carbocycles. The average Bonchev–Trinajstić information content (AvgIpc) is 3.21. The largest absolute Gasteiger partial charge is 0.308 e. The van der Waals surface area contributed by atoms with E-state index < -0.39 is 0 Å². The van der Waals surface area contributed by atoms with Crippen LogP contribution in [0.15, 0.2) is 53.4 Å². The first-order chi connectivity index (χ1) is 15.0. The van der Waals surface area contributed by atoms with E-state index >= 15 is 0 Å². The van der Waals surface area contributed by atoms with Crippen molar-refractivity contribution in [1.29, 1.82) is 0 Å². The summed E-state index contributed by atoms with van der Waals surface area (Å²) in [5.41, 5.74) is 4.04. The van der Waals surface area contributed by atoms with E-state index in [4.69, 9.17) is 12.2 Å². The number of amides is 2. The zero-order chi connectivity index (χ0) is 22.0. The van der Waals surface area contributed by atoms with Gasteiger partial charge in [-0.2, -0.15) is 0 Å². The summed E-state index contributed by atoms with van der Waals surface area (Å²) in [5.74, 6) is -0.317. The summed E-state index contributed by atoms with van der Waals surface area (Å²) in [4.78, 5) is 30.6. The molecule has 0 N–H and O–H groups in total. The normalized spacial score (nSPS) is 18.3. The summed E-state index contributed by atoms with van der Waals surface area (Å²) in [6.45, 7) is 4.86. The van der Waals surface area contributed by atoms with Crippen LogP contribution >= 0.6 is 24.0 Å². The fourth-order valence-corrected chi connectivity index (χ4v) is 5.40. The van der Waals surface area contributed by atoms with Crippen LogP contribution in [0.3, 0.4) is 0 Å². The first kappa shape index (κ1) is 21.8. The summed E-state index contributed by atoms with van der Waals surface area (Å²) in [5, 5.41) is 0. The van der Waals surface area contributed by atoms with Crippen molar-refractivity contribution in [1.82, 2.24) is 0 Å². The number of benzene rings is 2. The van der Waals surface area contributed by atoms with Crippen LogP contribution in [0.1, 0.15) is 50.2 Å². The molecule has 2 aromatic rings. The molecule has 0 bridgehead atoms. The Morgan fingerprint density at radius 1 is 0.903 bits per heavy atom. The van der Waals surface area contributed by atoms with Crippen molar-refractivity contribution in [3.8, 4) is 0 Å². The van der Waals surface area contributed by atoms with Gasteiger partial charge in [0, 0.05) is 12.1 Å². The molecule has 2 amide bonds. The van der Waals surface area contributed by atoms with Gasteiger partial charge in [0.1, 0.15) is 0 Å². The van der Waals surface area contributed by atoms with Crippen molar-refractivity contribution in [2.24, 2.45) is 0 Å². The molecule has 0 saturated carbocycles. The van der Waals surface area contributed by atoms with E-state index in [1.165, 1.54) is 35.9 Å². The van der Waals surface area contributed by atoms with Gasteiger partial charge < -0.3 is 4.90 Å². The Morgan fingerprint density at radius 3 is 2.35 bits per heavy atom. The van der Waals surface area contributed by atoms with Crippen LogP contribution in [-0.4, -0.2) is 22.7 Å². The third-order valence-electron chi connectivity index (χ3n) is 5.70. The maximum Gasteiger partial charge on any atom is 0.271 e. The van der Waals surface area contributed by atoms with Crippen LogP contribution < -0.4 is 9.80 Å². The highest BCUT2D eigenvalue weighted by Crippen LogP contribution is 2.45. The van der Waals surface area contributed by atoms with Crippen molar-refractivity contribution < 1.29 is 9.59 Å². The van der Waals surface area contributed by atoms with Gasteiger partial charge in [-0.15, -0.1) is 0 Å². The molecule has 1 fully saturated rings. The smallest absolute Gasteiger partial charge is 0.271 e. The van der Waals surface area contributed by atoms with Crippen LogP contribution in [0.5, 0.6) is 0 Å². The van der Waals surface area contributed by atoms with Crippen molar-refractivity contribution in [2.75, 3.05) is 16.3 Å². The SMILES string of the molecule is CCCCCCCN1C(=O)/C(=C2\SC(=S)N(c3ccc(C)cc3)C2=O)c2ccccc21. The molecule has 0 spiro atoms. The van der Waals surface area contributed by atoms with Crippen LogP contribution in [0, 0.1) is 6.92 Å². The molecule has 2 aromatic carbocycles. The molecule has 160 valence electrons. The number of para-hydroxylation sites is 1. The van der Waals surface area contributed by atoms with Gasteiger partial charge in [0.15, 0.2) is 4.32 Å². The molecular formula is C25H26N2O2S2. The number of thioether (sulfide) groups is 1. The molecule has 4 rings (SSSR count). The van der Waals surface area contributed by atoms with Crippen molar-refractivity contribution >= 4 is 57.1 Å². The predicted octanol–water partition coefficient (Wildman–Crippen LogP) is 6.09. The Hall–Kier alpha value is -2.44. The zero-order valence-corrected chi connectivity index (χ0v) is 19.5. The lowest BCUT2D eigenvalue weighted by molar-refractivity contribution is -0.115. The number of aryl methyl sites for hydroxylation is 1. The number of fused-ring (bicyclic) bond motifs is 1. The lowest BCUT2D eigenvalue weighted by Gasteiger charge is -2.17. The van der Waals surface area contributed by atoms with Crippen molar-refractivity contribution in [3.05, 3.63) is 64.6 Å². The highest BCUT2D eigenvalue weighted by atomic mass is 32.2.